The number of halogens is 1. The van der Waals surface area contributed by atoms with Gasteiger partial charge in [0.2, 0.25) is 0 Å². The van der Waals surface area contributed by atoms with Gasteiger partial charge in [-0.1, -0.05) is 59.1 Å². The number of rotatable bonds is 7. The Morgan fingerprint density at radius 2 is 1.79 bits per heavy atom. The van der Waals surface area contributed by atoms with Gasteiger partial charge < -0.3 is 10.1 Å². The summed E-state index contributed by atoms with van der Waals surface area (Å²) in [5, 5.41) is 12.9. The number of aryl methyl sites for hydroxylation is 3. The van der Waals surface area contributed by atoms with Crippen LogP contribution in [0.25, 0.3) is 6.08 Å². The van der Waals surface area contributed by atoms with Crippen LogP contribution in [0.3, 0.4) is 0 Å². The fraction of sp³-hybridized carbons (Fsp3) is 0.214. The van der Waals surface area contributed by atoms with Gasteiger partial charge in [0.05, 0.1) is 6.61 Å². The van der Waals surface area contributed by atoms with Crippen LogP contribution < -0.4 is 10.1 Å². The van der Waals surface area contributed by atoms with Crippen LogP contribution in [0, 0.1) is 32.1 Å². The Hall–Kier alpha value is -3.55. The van der Waals surface area contributed by atoms with Gasteiger partial charge in [0.15, 0.2) is 0 Å². The number of hydrogen-bond acceptors (Lipinski definition) is 3. The Balaban J connectivity index is 1.86. The van der Waals surface area contributed by atoms with Crippen molar-refractivity contribution < 1.29 is 9.53 Å². The molecule has 0 heterocycles. The van der Waals surface area contributed by atoms with Gasteiger partial charge in [0.1, 0.15) is 17.4 Å². The first-order valence-electron chi connectivity index (χ1n) is 10.8. The molecule has 0 spiro atoms. The van der Waals surface area contributed by atoms with E-state index in [1.54, 1.807) is 18.2 Å². The zero-order valence-electron chi connectivity index (χ0n) is 19.3. The summed E-state index contributed by atoms with van der Waals surface area (Å²) in [5.74, 6) is 0.253. The number of ether oxygens (including phenoxy) is 1. The van der Waals surface area contributed by atoms with E-state index in [0.717, 1.165) is 28.9 Å². The molecule has 0 atom stereocenters. The Morgan fingerprint density at radius 1 is 1.06 bits per heavy atom. The normalized spacial score (nSPS) is 11.1. The molecule has 0 aliphatic rings. The van der Waals surface area contributed by atoms with Gasteiger partial charge >= 0.3 is 0 Å². The van der Waals surface area contributed by atoms with Crippen molar-refractivity contribution in [2.24, 2.45) is 0 Å². The van der Waals surface area contributed by atoms with E-state index in [4.69, 9.17) is 16.3 Å². The van der Waals surface area contributed by atoms with E-state index in [2.05, 4.69) is 37.4 Å². The monoisotopic (exact) mass is 458 g/mol. The number of anilines is 1. The second-order valence-electron chi connectivity index (χ2n) is 8.06. The zero-order chi connectivity index (χ0) is 24.0. The Morgan fingerprint density at radius 3 is 2.42 bits per heavy atom. The summed E-state index contributed by atoms with van der Waals surface area (Å²) in [6.45, 7) is 8.52. The number of nitrogens with zero attached hydrogens (tertiary/aromatic N) is 1. The predicted molar refractivity (Wildman–Crippen MR) is 135 cm³/mol. The van der Waals surface area contributed by atoms with Crippen molar-refractivity contribution in [1.82, 2.24) is 0 Å². The summed E-state index contributed by atoms with van der Waals surface area (Å²) in [5.41, 5.74) is 6.88. The highest BCUT2D eigenvalue weighted by atomic mass is 35.5. The van der Waals surface area contributed by atoms with E-state index in [1.807, 2.05) is 44.2 Å². The van der Waals surface area contributed by atoms with Crippen LogP contribution in [-0.2, 0) is 11.2 Å². The number of nitrogens with one attached hydrogen (secondary N) is 1. The second kappa shape index (κ2) is 10.8. The van der Waals surface area contributed by atoms with Gasteiger partial charge in [0, 0.05) is 17.1 Å². The van der Waals surface area contributed by atoms with Crippen LogP contribution in [0.5, 0.6) is 5.75 Å². The number of carbonyl (C=O) groups is 1. The lowest BCUT2D eigenvalue weighted by Crippen LogP contribution is -2.13. The van der Waals surface area contributed by atoms with Crippen LogP contribution in [0.2, 0.25) is 5.02 Å². The van der Waals surface area contributed by atoms with Crippen molar-refractivity contribution in [3.05, 3.63) is 98.6 Å². The van der Waals surface area contributed by atoms with Crippen molar-refractivity contribution in [2.45, 2.75) is 34.1 Å². The summed E-state index contributed by atoms with van der Waals surface area (Å²) in [7, 11) is 0. The van der Waals surface area contributed by atoms with Crippen LogP contribution in [-0.4, -0.2) is 12.5 Å². The van der Waals surface area contributed by atoms with E-state index >= 15 is 0 Å². The molecule has 33 heavy (non-hydrogen) atoms. The first kappa shape index (κ1) is 24.1. The van der Waals surface area contributed by atoms with E-state index in [1.165, 1.54) is 16.7 Å². The second-order valence-corrected chi connectivity index (χ2v) is 8.47. The average Bonchev–Trinajstić information content (AvgIpc) is 2.75. The van der Waals surface area contributed by atoms with Crippen LogP contribution in [0.1, 0.15) is 40.3 Å². The van der Waals surface area contributed by atoms with Crippen LogP contribution in [0.4, 0.5) is 5.69 Å². The SMILES string of the molecule is CCOc1cc(/C=C(\C#N)C(=O)Nc2ccc(C)c(Cl)c2)ccc1Cc1cc(C)cc(C)c1. The van der Waals surface area contributed by atoms with Gasteiger partial charge in [-0.25, -0.2) is 0 Å². The minimum atomic E-state index is -0.491. The molecule has 0 aliphatic heterocycles. The molecule has 0 fully saturated rings. The molecule has 3 aromatic carbocycles. The topological polar surface area (TPSA) is 62.1 Å². The molecule has 0 bridgehead atoms. The van der Waals surface area contributed by atoms with Crippen LogP contribution >= 0.6 is 11.6 Å². The number of amides is 1. The Labute approximate surface area is 200 Å². The highest BCUT2D eigenvalue weighted by Gasteiger charge is 2.12. The highest BCUT2D eigenvalue weighted by Crippen LogP contribution is 2.26. The lowest BCUT2D eigenvalue weighted by molar-refractivity contribution is -0.112. The summed E-state index contributed by atoms with van der Waals surface area (Å²) in [6, 6.07) is 19.5. The van der Waals surface area contributed by atoms with Crippen molar-refractivity contribution in [3.8, 4) is 11.8 Å². The minimum absolute atomic E-state index is 0.00351. The number of hydrogen-bond donors (Lipinski definition) is 1. The maximum Gasteiger partial charge on any atom is 0.266 e. The predicted octanol–water partition coefficient (Wildman–Crippen LogP) is 6.80. The van der Waals surface area contributed by atoms with Gasteiger partial charge in [0.25, 0.3) is 5.91 Å². The number of benzene rings is 3. The van der Waals surface area contributed by atoms with E-state index in [0.29, 0.717) is 17.3 Å². The summed E-state index contributed by atoms with van der Waals surface area (Å²) >= 11 is 6.13. The number of carbonyl (C=O) groups excluding carboxylic acids is 1. The van der Waals surface area contributed by atoms with Gasteiger partial charge in [-0.2, -0.15) is 5.26 Å². The van der Waals surface area contributed by atoms with Gasteiger partial charge in [-0.3, -0.25) is 4.79 Å². The molecule has 0 aliphatic carbocycles. The quantitative estimate of drug-likeness (QED) is 0.313. The highest BCUT2D eigenvalue weighted by molar-refractivity contribution is 6.31. The summed E-state index contributed by atoms with van der Waals surface area (Å²) in [6.07, 6.45) is 2.30. The van der Waals surface area contributed by atoms with Crippen molar-refractivity contribution in [1.29, 1.82) is 5.26 Å². The molecule has 5 heteroatoms. The largest absolute Gasteiger partial charge is 0.494 e. The summed E-state index contributed by atoms with van der Waals surface area (Å²) < 4.78 is 5.88. The molecule has 0 radical (unpaired) electrons. The van der Waals surface area contributed by atoms with E-state index in [-0.39, 0.29) is 5.57 Å². The first-order chi connectivity index (χ1) is 15.8. The molecule has 0 saturated heterocycles. The molecule has 168 valence electrons. The minimum Gasteiger partial charge on any atom is -0.494 e. The maximum absolute atomic E-state index is 12.7. The average molecular weight is 459 g/mol. The molecular weight excluding hydrogens is 432 g/mol. The fourth-order valence-corrected chi connectivity index (χ4v) is 3.85. The molecule has 3 rings (SSSR count). The zero-order valence-corrected chi connectivity index (χ0v) is 20.1. The Kier molecular flexibility index (Phi) is 7.92. The lowest BCUT2D eigenvalue weighted by atomic mass is 9.98. The third kappa shape index (κ3) is 6.47. The van der Waals surface area contributed by atoms with Crippen LogP contribution in [0.15, 0.2) is 60.2 Å². The van der Waals surface area contributed by atoms with Gasteiger partial charge in [-0.15, -0.1) is 0 Å². The standard InChI is InChI=1S/C28H27ClN2O2/c1-5-33-27-15-21(7-8-23(27)14-22-11-18(2)10-19(3)12-22)13-24(17-30)28(32)31-25-9-6-20(4)26(29)16-25/h6-13,15-16H,5,14H2,1-4H3,(H,31,32)/b24-13+. The van der Waals surface area contributed by atoms with Crippen molar-refractivity contribution in [2.75, 3.05) is 11.9 Å². The fourth-order valence-electron chi connectivity index (χ4n) is 3.67. The summed E-state index contributed by atoms with van der Waals surface area (Å²) in [4.78, 5) is 12.7. The molecule has 1 amide bonds. The van der Waals surface area contributed by atoms with Gasteiger partial charge in [-0.05, 0) is 74.2 Å². The Bertz CT molecular complexity index is 1230. The van der Waals surface area contributed by atoms with E-state index in [9.17, 15) is 10.1 Å². The lowest BCUT2D eigenvalue weighted by Gasteiger charge is -2.13. The molecule has 3 aromatic rings. The molecular formula is C28H27ClN2O2. The van der Waals surface area contributed by atoms with Crippen molar-refractivity contribution >= 4 is 29.3 Å². The molecule has 0 saturated carbocycles. The molecule has 1 N–H and O–H groups in total. The van der Waals surface area contributed by atoms with E-state index < -0.39 is 5.91 Å². The third-order valence-electron chi connectivity index (χ3n) is 5.17. The first-order valence-corrected chi connectivity index (χ1v) is 11.2. The molecule has 4 nitrogen and oxygen atoms in total. The maximum atomic E-state index is 12.7. The molecule has 0 aromatic heterocycles. The smallest absolute Gasteiger partial charge is 0.266 e. The van der Waals surface area contributed by atoms with Crippen molar-refractivity contribution in [3.63, 3.8) is 0 Å². The number of nitriles is 1. The third-order valence-corrected chi connectivity index (χ3v) is 5.58. The molecule has 0 unspecified atom stereocenters.